The number of thiophene rings is 1. The fraction of sp³-hybridized carbons (Fsp3) is 0.333. The van der Waals surface area contributed by atoms with Crippen molar-refractivity contribution in [2.75, 3.05) is 0 Å². The Labute approximate surface area is 136 Å². The second-order valence-corrected chi connectivity index (χ2v) is 7.28. The normalized spacial score (nSPS) is 14.5. The monoisotopic (exact) mass is 371 g/mol. The molecule has 0 atom stereocenters. The van der Waals surface area contributed by atoms with Gasteiger partial charge in [0.05, 0.1) is 0 Å². The van der Waals surface area contributed by atoms with Crippen molar-refractivity contribution >= 4 is 38.9 Å². The summed E-state index contributed by atoms with van der Waals surface area (Å²) in [7, 11) is 0. The first-order chi connectivity index (χ1) is 9.70. The van der Waals surface area contributed by atoms with Crippen molar-refractivity contribution in [1.82, 2.24) is 5.32 Å². The van der Waals surface area contributed by atoms with Crippen LogP contribution in [0.3, 0.4) is 0 Å². The molecule has 106 valence electrons. The lowest BCUT2D eigenvalue weighted by atomic mass is 10.2. The number of halogens is 2. The van der Waals surface area contributed by atoms with Crippen molar-refractivity contribution in [2.45, 2.75) is 32.0 Å². The smallest absolute Gasteiger partial charge is 0.124 e. The Bertz CT molecular complexity index is 597. The molecule has 0 saturated heterocycles. The van der Waals surface area contributed by atoms with Crippen LogP contribution in [-0.2, 0) is 13.2 Å². The molecule has 2 aromatic rings. The molecule has 1 aliphatic carbocycles. The predicted octanol–water partition coefficient (Wildman–Crippen LogP) is 5.00. The van der Waals surface area contributed by atoms with Crippen LogP contribution in [0.2, 0.25) is 5.02 Å². The van der Waals surface area contributed by atoms with Gasteiger partial charge in [0.1, 0.15) is 12.4 Å². The molecular weight excluding hydrogens is 358 g/mol. The summed E-state index contributed by atoms with van der Waals surface area (Å²) in [6, 6.07) is 8.57. The van der Waals surface area contributed by atoms with Crippen LogP contribution in [0.5, 0.6) is 5.75 Å². The fourth-order valence-corrected chi connectivity index (χ4v) is 3.50. The van der Waals surface area contributed by atoms with E-state index >= 15 is 0 Å². The third-order valence-electron chi connectivity index (χ3n) is 3.17. The first-order valence-corrected chi connectivity index (χ1v) is 8.63. The van der Waals surface area contributed by atoms with Gasteiger partial charge in [-0.25, -0.2) is 0 Å². The van der Waals surface area contributed by atoms with Gasteiger partial charge in [-0.3, -0.25) is 0 Å². The molecule has 5 heteroatoms. The maximum absolute atomic E-state index is 6.08. The number of hydrogen-bond donors (Lipinski definition) is 1. The summed E-state index contributed by atoms with van der Waals surface area (Å²) < 4.78 is 7.04. The molecule has 1 aromatic heterocycles. The van der Waals surface area contributed by atoms with Crippen molar-refractivity contribution in [2.24, 2.45) is 0 Å². The van der Waals surface area contributed by atoms with Crippen molar-refractivity contribution in [3.63, 3.8) is 0 Å². The van der Waals surface area contributed by atoms with Gasteiger partial charge in [-0.2, -0.15) is 0 Å². The largest absolute Gasteiger partial charge is 0.488 e. The van der Waals surface area contributed by atoms with Crippen LogP contribution in [0.4, 0.5) is 0 Å². The van der Waals surface area contributed by atoms with Crippen LogP contribution in [0, 0.1) is 0 Å². The fourth-order valence-electron chi connectivity index (χ4n) is 1.95. The average Bonchev–Trinajstić information content (AvgIpc) is 3.17. The van der Waals surface area contributed by atoms with E-state index in [1.54, 1.807) is 11.3 Å². The molecule has 20 heavy (non-hydrogen) atoms. The summed E-state index contributed by atoms with van der Waals surface area (Å²) in [5.41, 5.74) is 1.13. The van der Waals surface area contributed by atoms with Crippen molar-refractivity contribution < 1.29 is 4.74 Å². The predicted molar refractivity (Wildman–Crippen MR) is 87.7 cm³/mol. The lowest BCUT2D eigenvalue weighted by molar-refractivity contribution is 0.305. The highest BCUT2D eigenvalue weighted by molar-refractivity contribution is 9.10. The molecule has 3 rings (SSSR count). The minimum Gasteiger partial charge on any atom is -0.488 e. The molecule has 0 spiro atoms. The van der Waals surface area contributed by atoms with E-state index < -0.39 is 0 Å². The summed E-state index contributed by atoms with van der Waals surface area (Å²) in [6.07, 6.45) is 2.56. The third kappa shape index (κ3) is 3.98. The molecule has 1 fully saturated rings. The Hall–Kier alpha value is -0.550. The SMILES string of the molecule is Clc1ccc(OCc2cc(Br)cs2)c(CNC2CC2)c1. The van der Waals surface area contributed by atoms with Crippen molar-refractivity contribution in [1.29, 1.82) is 0 Å². The molecule has 0 radical (unpaired) electrons. The van der Waals surface area contributed by atoms with Crippen LogP contribution in [0.1, 0.15) is 23.3 Å². The van der Waals surface area contributed by atoms with Crippen LogP contribution in [-0.4, -0.2) is 6.04 Å². The highest BCUT2D eigenvalue weighted by Crippen LogP contribution is 2.27. The van der Waals surface area contributed by atoms with E-state index in [0.29, 0.717) is 12.6 Å². The van der Waals surface area contributed by atoms with Crippen LogP contribution >= 0.6 is 38.9 Å². The second-order valence-electron chi connectivity index (χ2n) is 4.93. The number of ether oxygens (including phenoxy) is 1. The van der Waals surface area contributed by atoms with E-state index in [1.807, 2.05) is 18.2 Å². The number of nitrogens with one attached hydrogen (secondary N) is 1. The Morgan fingerprint density at radius 2 is 2.20 bits per heavy atom. The van der Waals surface area contributed by atoms with Gasteiger partial charge in [-0.1, -0.05) is 11.6 Å². The minimum absolute atomic E-state index is 0.592. The van der Waals surface area contributed by atoms with Gasteiger partial charge in [-0.15, -0.1) is 11.3 Å². The summed E-state index contributed by atoms with van der Waals surface area (Å²) >= 11 is 11.2. The quantitative estimate of drug-likeness (QED) is 0.771. The highest BCUT2D eigenvalue weighted by Gasteiger charge is 2.20. The Balaban J connectivity index is 1.66. The van der Waals surface area contributed by atoms with E-state index in [2.05, 4.69) is 32.7 Å². The second kappa shape index (κ2) is 6.48. The van der Waals surface area contributed by atoms with Gasteiger partial charge in [0.2, 0.25) is 0 Å². The van der Waals surface area contributed by atoms with Crippen molar-refractivity contribution in [3.05, 3.63) is 49.6 Å². The summed E-state index contributed by atoms with van der Waals surface area (Å²) in [6.45, 7) is 1.41. The molecular formula is C15H15BrClNOS. The molecule has 1 N–H and O–H groups in total. The molecule has 0 unspecified atom stereocenters. The first kappa shape index (κ1) is 14.4. The van der Waals surface area contributed by atoms with Gasteiger partial charge >= 0.3 is 0 Å². The molecule has 1 aliphatic rings. The number of benzene rings is 1. The van der Waals surface area contributed by atoms with Gasteiger partial charge in [0.15, 0.2) is 0 Å². The van der Waals surface area contributed by atoms with E-state index in [0.717, 1.165) is 27.4 Å². The summed E-state index contributed by atoms with van der Waals surface area (Å²) in [4.78, 5) is 1.20. The maximum Gasteiger partial charge on any atom is 0.124 e. The molecule has 0 aliphatic heterocycles. The Morgan fingerprint density at radius 3 is 2.90 bits per heavy atom. The Morgan fingerprint density at radius 1 is 1.35 bits per heavy atom. The minimum atomic E-state index is 0.592. The van der Waals surface area contributed by atoms with Gasteiger partial charge < -0.3 is 10.1 Å². The standard InChI is InChI=1S/C15H15BrClNOS/c16-11-6-14(20-9-11)8-19-15-4-1-12(17)5-10(15)7-18-13-2-3-13/h1,4-6,9,13,18H,2-3,7-8H2. The molecule has 1 aromatic carbocycles. The highest BCUT2D eigenvalue weighted by atomic mass is 79.9. The summed E-state index contributed by atoms with van der Waals surface area (Å²) in [5, 5.41) is 6.32. The summed E-state index contributed by atoms with van der Waals surface area (Å²) in [5.74, 6) is 0.909. The molecule has 0 amide bonds. The van der Waals surface area contributed by atoms with E-state index in [4.69, 9.17) is 16.3 Å². The van der Waals surface area contributed by atoms with Gasteiger partial charge in [0.25, 0.3) is 0 Å². The first-order valence-electron chi connectivity index (χ1n) is 6.58. The van der Waals surface area contributed by atoms with E-state index in [-0.39, 0.29) is 0 Å². The van der Waals surface area contributed by atoms with Crippen LogP contribution in [0.15, 0.2) is 34.1 Å². The lowest BCUT2D eigenvalue weighted by Gasteiger charge is -2.12. The maximum atomic E-state index is 6.08. The molecule has 2 nitrogen and oxygen atoms in total. The van der Waals surface area contributed by atoms with Crippen LogP contribution in [0.25, 0.3) is 0 Å². The third-order valence-corrected chi connectivity index (χ3v) is 5.08. The zero-order valence-corrected chi connectivity index (χ0v) is 14.0. The topological polar surface area (TPSA) is 21.3 Å². The van der Waals surface area contributed by atoms with E-state index in [1.165, 1.54) is 17.7 Å². The Kier molecular flexibility index (Phi) is 4.66. The van der Waals surface area contributed by atoms with Crippen molar-refractivity contribution in [3.8, 4) is 5.75 Å². The van der Waals surface area contributed by atoms with Crippen LogP contribution < -0.4 is 10.1 Å². The average molecular weight is 373 g/mol. The molecule has 1 saturated carbocycles. The number of rotatable bonds is 6. The number of hydrogen-bond acceptors (Lipinski definition) is 3. The molecule has 1 heterocycles. The molecule has 0 bridgehead atoms. The van der Waals surface area contributed by atoms with Gasteiger partial charge in [-0.05, 0) is 53.0 Å². The zero-order valence-electron chi connectivity index (χ0n) is 10.9. The van der Waals surface area contributed by atoms with E-state index in [9.17, 15) is 0 Å². The zero-order chi connectivity index (χ0) is 13.9. The van der Waals surface area contributed by atoms with Gasteiger partial charge in [0, 0.05) is 37.9 Å². The lowest BCUT2D eigenvalue weighted by Crippen LogP contribution is -2.16.